The highest BCUT2D eigenvalue weighted by molar-refractivity contribution is 14.0. The summed E-state index contributed by atoms with van der Waals surface area (Å²) in [5, 5.41) is 0. The summed E-state index contributed by atoms with van der Waals surface area (Å²) >= 11 is 0. The Morgan fingerprint density at radius 2 is 2.12 bits per heavy atom. The molecule has 136 valence electrons. The molecule has 1 aromatic heterocycles. The van der Waals surface area contributed by atoms with Crippen LogP contribution in [-0.4, -0.2) is 61.1 Å². The minimum atomic E-state index is 0. The highest BCUT2D eigenvalue weighted by Gasteiger charge is 2.16. The van der Waals surface area contributed by atoms with Gasteiger partial charge in [0.1, 0.15) is 6.61 Å². The Labute approximate surface area is 162 Å². The molecule has 7 heteroatoms. The topological polar surface area (TPSA) is 67.0 Å². The van der Waals surface area contributed by atoms with Crippen LogP contribution < -0.4 is 10.5 Å². The zero-order chi connectivity index (χ0) is 16.7. The van der Waals surface area contributed by atoms with Crippen molar-refractivity contribution in [3.63, 3.8) is 0 Å². The molecule has 1 aliphatic rings. The predicted octanol–water partition coefficient (Wildman–Crippen LogP) is 2.19. The number of nitrogens with zero attached hydrogens (tertiary/aromatic N) is 4. The molecular formula is C17H30IN5O. The van der Waals surface area contributed by atoms with E-state index in [9.17, 15) is 0 Å². The van der Waals surface area contributed by atoms with Gasteiger partial charge < -0.3 is 20.3 Å². The number of ether oxygens (including phenoxy) is 1. The molecule has 2 heterocycles. The quantitative estimate of drug-likeness (QED) is 0.412. The Bertz CT molecular complexity index is 515. The van der Waals surface area contributed by atoms with Crippen molar-refractivity contribution in [2.75, 3.05) is 40.3 Å². The summed E-state index contributed by atoms with van der Waals surface area (Å²) in [7, 11) is 4.04. The lowest BCUT2D eigenvalue weighted by molar-refractivity contribution is 0.253. The molecule has 2 rings (SSSR count). The maximum Gasteiger partial charge on any atom is 0.213 e. The van der Waals surface area contributed by atoms with Gasteiger partial charge >= 0.3 is 0 Å². The Morgan fingerprint density at radius 1 is 1.42 bits per heavy atom. The van der Waals surface area contributed by atoms with Gasteiger partial charge in [-0.1, -0.05) is 6.92 Å². The van der Waals surface area contributed by atoms with Crippen LogP contribution in [-0.2, 0) is 6.54 Å². The number of nitrogens with two attached hydrogens (primary N) is 1. The SMILES string of the molecule is CC1CCN(C(N)=NCc2ccnc(OCCN(C)C)c2)CC1.I. The van der Waals surface area contributed by atoms with Gasteiger partial charge in [0.2, 0.25) is 5.88 Å². The summed E-state index contributed by atoms with van der Waals surface area (Å²) in [6.45, 7) is 6.35. The van der Waals surface area contributed by atoms with E-state index < -0.39 is 0 Å². The Balaban J connectivity index is 0.00000288. The molecule has 0 saturated carbocycles. The van der Waals surface area contributed by atoms with E-state index in [1.165, 1.54) is 12.8 Å². The van der Waals surface area contributed by atoms with Gasteiger partial charge in [-0.15, -0.1) is 24.0 Å². The lowest BCUT2D eigenvalue weighted by Crippen LogP contribution is -2.42. The molecular weight excluding hydrogens is 417 g/mol. The van der Waals surface area contributed by atoms with Crippen molar-refractivity contribution < 1.29 is 4.74 Å². The maximum absolute atomic E-state index is 6.12. The Kier molecular flexibility index (Phi) is 9.35. The molecule has 0 atom stereocenters. The second-order valence-electron chi connectivity index (χ2n) is 6.50. The number of rotatable bonds is 6. The van der Waals surface area contributed by atoms with Crippen LogP contribution in [0, 0.1) is 5.92 Å². The number of guanidine groups is 1. The molecule has 2 N–H and O–H groups in total. The second-order valence-corrected chi connectivity index (χ2v) is 6.50. The summed E-state index contributed by atoms with van der Waals surface area (Å²) < 4.78 is 5.65. The smallest absolute Gasteiger partial charge is 0.213 e. The van der Waals surface area contributed by atoms with E-state index in [1.807, 2.05) is 26.2 Å². The van der Waals surface area contributed by atoms with Crippen LogP contribution in [0.3, 0.4) is 0 Å². The number of aliphatic imine (C=N–C) groups is 1. The third kappa shape index (κ3) is 7.21. The number of pyridine rings is 1. The minimum Gasteiger partial charge on any atom is -0.476 e. The number of hydrogen-bond donors (Lipinski definition) is 1. The molecule has 0 aromatic carbocycles. The summed E-state index contributed by atoms with van der Waals surface area (Å²) in [6, 6.07) is 3.89. The lowest BCUT2D eigenvalue weighted by atomic mass is 10.00. The van der Waals surface area contributed by atoms with E-state index in [1.54, 1.807) is 6.20 Å². The van der Waals surface area contributed by atoms with Crippen LogP contribution in [0.1, 0.15) is 25.3 Å². The largest absolute Gasteiger partial charge is 0.476 e. The first-order chi connectivity index (χ1) is 11.0. The van der Waals surface area contributed by atoms with Crippen molar-refractivity contribution in [1.82, 2.24) is 14.8 Å². The van der Waals surface area contributed by atoms with Gasteiger partial charge in [-0.25, -0.2) is 9.98 Å². The second kappa shape index (κ2) is 10.7. The van der Waals surface area contributed by atoms with E-state index in [2.05, 4.69) is 26.7 Å². The first-order valence-corrected chi connectivity index (χ1v) is 8.32. The Hall–Kier alpha value is -1.09. The standard InChI is InChI=1S/C17H29N5O.HI/c1-14-5-8-22(9-6-14)17(18)20-13-15-4-7-19-16(12-15)23-11-10-21(2)3;/h4,7,12,14H,5-6,8-11,13H2,1-3H3,(H2,18,20);1H. The summed E-state index contributed by atoms with van der Waals surface area (Å²) in [5.41, 5.74) is 7.18. The number of likely N-dealkylation sites (tertiary alicyclic amines) is 1. The highest BCUT2D eigenvalue weighted by atomic mass is 127. The van der Waals surface area contributed by atoms with E-state index >= 15 is 0 Å². The van der Waals surface area contributed by atoms with Crippen molar-refractivity contribution in [3.8, 4) is 5.88 Å². The molecule has 0 bridgehead atoms. The van der Waals surface area contributed by atoms with Crippen LogP contribution in [0.25, 0.3) is 0 Å². The summed E-state index contributed by atoms with van der Waals surface area (Å²) in [6.07, 6.45) is 4.14. The number of piperidine rings is 1. The number of hydrogen-bond acceptors (Lipinski definition) is 4. The van der Waals surface area contributed by atoms with Crippen molar-refractivity contribution in [2.24, 2.45) is 16.6 Å². The van der Waals surface area contributed by atoms with E-state index in [-0.39, 0.29) is 24.0 Å². The van der Waals surface area contributed by atoms with Crippen LogP contribution in [0.2, 0.25) is 0 Å². The molecule has 24 heavy (non-hydrogen) atoms. The molecule has 1 fully saturated rings. The fourth-order valence-corrected chi connectivity index (χ4v) is 2.47. The third-order valence-corrected chi connectivity index (χ3v) is 4.12. The molecule has 1 aliphatic heterocycles. The van der Waals surface area contributed by atoms with Crippen molar-refractivity contribution in [2.45, 2.75) is 26.3 Å². The van der Waals surface area contributed by atoms with Crippen molar-refractivity contribution >= 4 is 29.9 Å². The van der Waals surface area contributed by atoms with Gasteiger partial charge in [-0.3, -0.25) is 0 Å². The van der Waals surface area contributed by atoms with Gasteiger partial charge in [0.15, 0.2) is 5.96 Å². The van der Waals surface area contributed by atoms with E-state index in [0.29, 0.717) is 25.0 Å². The molecule has 0 unspecified atom stereocenters. The molecule has 0 radical (unpaired) electrons. The van der Waals surface area contributed by atoms with E-state index in [4.69, 9.17) is 10.5 Å². The monoisotopic (exact) mass is 447 g/mol. The molecule has 1 aromatic rings. The lowest BCUT2D eigenvalue weighted by Gasteiger charge is -2.31. The number of halogens is 1. The Morgan fingerprint density at radius 3 is 2.79 bits per heavy atom. The fourth-order valence-electron chi connectivity index (χ4n) is 2.47. The van der Waals surface area contributed by atoms with Gasteiger partial charge in [-0.2, -0.15) is 0 Å². The first-order valence-electron chi connectivity index (χ1n) is 8.32. The van der Waals surface area contributed by atoms with Crippen molar-refractivity contribution in [3.05, 3.63) is 23.9 Å². The minimum absolute atomic E-state index is 0. The number of aromatic nitrogens is 1. The van der Waals surface area contributed by atoms with Crippen LogP contribution >= 0.6 is 24.0 Å². The zero-order valence-electron chi connectivity index (χ0n) is 14.9. The first kappa shape index (κ1) is 21.0. The normalized spacial score (nSPS) is 16.2. The molecule has 0 amide bonds. The average molecular weight is 447 g/mol. The maximum atomic E-state index is 6.12. The van der Waals surface area contributed by atoms with Crippen LogP contribution in [0.15, 0.2) is 23.3 Å². The van der Waals surface area contributed by atoms with Gasteiger partial charge in [0.25, 0.3) is 0 Å². The van der Waals surface area contributed by atoms with Crippen LogP contribution in [0.5, 0.6) is 5.88 Å². The predicted molar refractivity (Wildman–Crippen MR) is 109 cm³/mol. The molecule has 0 aliphatic carbocycles. The molecule has 1 saturated heterocycles. The summed E-state index contributed by atoms with van der Waals surface area (Å²) in [5.74, 6) is 2.08. The van der Waals surface area contributed by atoms with Gasteiger partial charge in [0, 0.05) is 31.9 Å². The van der Waals surface area contributed by atoms with E-state index in [0.717, 1.165) is 31.1 Å². The fraction of sp³-hybridized carbons (Fsp3) is 0.647. The molecule has 6 nitrogen and oxygen atoms in total. The number of likely N-dealkylation sites (N-methyl/N-ethyl adjacent to an activating group) is 1. The molecule has 0 spiro atoms. The average Bonchev–Trinajstić information content (AvgIpc) is 2.53. The zero-order valence-corrected chi connectivity index (χ0v) is 17.3. The highest BCUT2D eigenvalue weighted by Crippen LogP contribution is 2.16. The van der Waals surface area contributed by atoms with Crippen molar-refractivity contribution in [1.29, 1.82) is 0 Å². The third-order valence-electron chi connectivity index (χ3n) is 4.12. The van der Waals surface area contributed by atoms with Gasteiger partial charge in [0.05, 0.1) is 6.54 Å². The summed E-state index contributed by atoms with van der Waals surface area (Å²) in [4.78, 5) is 13.0. The van der Waals surface area contributed by atoms with Crippen LogP contribution in [0.4, 0.5) is 0 Å². The van der Waals surface area contributed by atoms with Gasteiger partial charge in [-0.05, 0) is 44.5 Å².